The van der Waals surface area contributed by atoms with Gasteiger partial charge >= 0.3 is 0 Å². The van der Waals surface area contributed by atoms with Gasteiger partial charge in [-0.15, -0.1) is 6.58 Å². The van der Waals surface area contributed by atoms with Crippen LogP contribution in [0.2, 0.25) is 0 Å². The molecule has 1 aromatic heterocycles. The van der Waals surface area contributed by atoms with Crippen LogP contribution in [-0.4, -0.2) is 54.6 Å². The normalized spacial score (nSPS) is 30.8. The summed E-state index contributed by atoms with van der Waals surface area (Å²) in [7, 11) is 1.68. The molecular weight excluding hydrogens is 388 g/mol. The molecular formula is C25H32N4O2. The first-order valence-corrected chi connectivity index (χ1v) is 11.5. The lowest BCUT2D eigenvalue weighted by Gasteiger charge is -2.51. The van der Waals surface area contributed by atoms with Gasteiger partial charge in [0.05, 0.1) is 24.7 Å². The van der Waals surface area contributed by atoms with Crippen molar-refractivity contribution < 1.29 is 9.53 Å². The van der Waals surface area contributed by atoms with Crippen LogP contribution < -0.4 is 15.4 Å². The van der Waals surface area contributed by atoms with Crippen molar-refractivity contribution in [3.05, 3.63) is 48.7 Å². The Morgan fingerprint density at radius 3 is 3.00 bits per heavy atom. The Hall–Kier alpha value is -2.44. The molecule has 0 radical (unpaired) electrons. The van der Waals surface area contributed by atoms with Crippen LogP contribution in [-0.2, 0) is 4.79 Å². The Labute approximate surface area is 184 Å². The van der Waals surface area contributed by atoms with Crippen LogP contribution in [0.4, 0.5) is 0 Å². The standard InChI is InChI=1S/C25H32N4O2/c1-3-16-15-29-12-9-17(16)13-23(29)24(28-25(30)22-5-4-10-26-22)19-8-11-27-21-7-6-18(31-2)14-20(19)21/h3,6-8,11,14,16-17,22-24,26H,1,4-5,9-10,12-13,15H2,2H3,(H,28,30)/t16?,17?,22-,23?,24?/m0/s1. The van der Waals surface area contributed by atoms with Crippen molar-refractivity contribution in [3.8, 4) is 5.75 Å². The van der Waals surface area contributed by atoms with Crippen molar-refractivity contribution in [2.75, 3.05) is 26.7 Å². The molecule has 4 aliphatic rings. The molecule has 6 atom stereocenters. The lowest BCUT2D eigenvalue weighted by atomic mass is 9.73. The van der Waals surface area contributed by atoms with E-state index in [0.29, 0.717) is 11.8 Å². The zero-order valence-corrected chi connectivity index (χ0v) is 18.2. The highest BCUT2D eigenvalue weighted by atomic mass is 16.5. The minimum absolute atomic E-state index is 0.0823. The van der Waals surface area contributed by atoms with Crippen molar-refractivity contribution in [1.82, 2.24) is 20.5 Å². The minimum Gasteiger partial charge on any atom is -0.497 e. The number of fused-ring (bicyclic) bond motifs is 4. The van der Waals surface area contributed by atoms with Crippen molar-refractivity contribution in [1.29, 1.82) is 0 Å². The van der Waals surface area contributed by atoms with Gasteiger partial charge in [0, 0.05) is 24.2 Å². The van der Waals surface area contributed by atoms with Gasteiger partial charge in [-0.1, -0.05) is 6.08 Å². The second-order valence-corrected chi connectivity index (χ2v) is 9.16. The summed E-state index contributed by atoms with van der Waals surface area (Å²) in [6.07, 6.45) is 8.22. The highest BCUT2D eigenvalue weighted by Crippen LogP contribution is 2.42. The quantitative estimate of drug-likeness (QED) is 0.703. The molecule has 0 aliphatic carbocycles. The summed E-state index contributed by atoms with van der Waals surface area (Å²) in [4.78, 5) is 20.3. The van der Waals surface area contributed by atoms with E-state index in [1.807, 2.05) is 24.4 Å². The van der Waals surface area contributed by atoms with Crippen LogP contribution in [0.15, 0.2) is 43.1 Å². The number of piperidine rings is 3. The maximum atomic E-state index is 13.2. The Bertz CT molecular complexity index is 971. The van der Waals surface area contributed by atoms with Gasteiger partial charge in [-0.05, 0) is 80.4 Å². The maximum absolute atomic E-state index is 13.2. The summed E-state index contributed by atoms with van der Waals surface area (Å²) in [5.74, 6) is 2.10. The predicted octanol–water partition coefficient (Wildman–Crippen LogP) is 3.05. The van der Waals surface area contributed by atoms with E-state index in [9.17, 15) is 4.79 Å². The molecule has 1 aromatic carbocycles. The first kappa shape index (κ1) is 20.5. The van der Waals surface area contributed by atoms with Gasteiger partial charge in [0.2, 0.25) is 5.91 Å². The number of carbonyl (C=O) groups is 1. The second kappa shape index (κ2) is 8.60. The first-order valence-electron chi connectivity index (χ1n) is 11.5. The molecule has 5 heterocycles. The summed E-state index contributed by atoms with van der Waals surface area (Å²) in [5, 5.41) is 7.86. The van der Waals surface area contributed by atoms with E-state index < -0.39 is 0 Å². The fourth-order valence-corrected chi connectivity index (χ4v) is 5.81. The van der Waals surface area contributed by atoms with Gasteiger partial charge in [0.25, 0.3) is 0 Å². The SMILES string of the molecule is C=CC1CN2CCC1CC2C(NC(=O)[C@@H]1CCCN1)c1ccnc2ccc(OC)cc12. The Kier molecular flexibility index (Phi) is 5.67. The number of rotatable bonds is 6. The fourth-order valence-electron chi connectivity index (χ4n) is 5.81. The second-order valence-electron chi connectivity index (χ2n) is 9.16. The topological polar surface area (TPSA) is 66.5 Å². The molecule has 31 heavy (non-hydrogen) atoms. The van der Waals surface area contributed by atoms with Crippen LogP contribution in [0.1, 0.15) is 37.3 Å². The third kappa shape index (κ3) is 3.83. The summed E-state index contributed by atoms with van der Waals surface area (Å²) in [5.41, 5.74) is 2.06. The molecule has 6 nitrogen and oxygen atoms in total. The van der Waals surface area contributed by atoms with Gasteiger partial charge in [0.15, 0.2) is 0 Å². The number of pyridine rings is 1. The van der Waals surface area contributed by atoms with Gasteiger partial charge < -0.3 is 15.4 Å². The smallest absolute Gasteiger partial charge is 0.237 e. The largest absolute Gasteiger partial charge is 0.497 e. The fraction of sp³-hybridized carbons (Fsp3) is 0.520. The molecule has 2 N–H and O–H groups in total. The van der Waals surface area contributed by atoms with Crippen molar-refractivity contribution in [3.63, 3.8) is 0 Å². The number of aromatic nitrogens is 1. The van der Waals surface area contributed by atoms with Crippen LogP contribution in [0.25, 0.3) is 10.9 Å². The van der Waals surface area contributed by atoms with E-state index in [-0.39, 0.29) is 24.0 Å². The summed E-state index contributed by atoms with van der Waals surface area (Å²) < 4.78 is 5.50. The minimum atomic E-state index is -0.0955. The molecule has 6 rings (SSSR count). The molecule has 6 heteroatoms. The van der Waals surface area contributed by atoms with Crippen molar-refractivity contribution >= 4 is 16.8 Å². The highest BCUT2D eigenvalue weighted by molar-refractivity contribution is 5.86. The molecule has 5 unspecified atom stereocenters. The molecule has 0 saturated carbocycles. The molecule has 0 spiro atoms. The van der Waals surface area contributed by atoms with Gasteiger partial charge in [-0.3, -0.25) is 14.7 Å². The summed E-state index contributed by atoms with van der Waals surface area (Å²) in [6.45, 7) is 7.09. The molecule has 164 valence electrons. The zero-order valence-electron chi connectivity index (χ0n) is 18.2. The Morgan fingerprint density at radius 2 is 2.29 bits per heavy atom. The van der Waals surface area contributed by atoms with Crippen LogP contribution in [0, 0.1) is 11.8 Å². The molecule has 4 aliphatic heterocycles. The zero-order chi connectivity index (χ0) is 21.4. The molecule has 4 fully saturated rings. The summed E-state index contributed by atoms with van der Waals surface area (Å²) >= 11 is 0. The number of benzene rings is 1. The number of hydrogen-bond acceptors (Lipinski definition) is 5. The monoisotopic (exact) mass is 420 g/mol. The Balaban J connectivity index is 1.54. The van der Waals surface area contributed by atoms with Gasteiger partial charge in [-0.2, -0.15) is 0 Å². The van der Waals surface area contributed by atoms with E-state index in [0.717, 1.165) is 61.1 Å². The average Bonchev–Trinajstić information content (AvgIpc) is 3.37. The van der Waals surface area contributed by atoms with E-state index in [2.05, 4.69) is 39.2 Å². The number of amides is 1. The predicted molar refractivity (Wildman–Crippen MR) is 122 cm³/mol. The molecule has 4 saturated heterocycles. The summed E-state index contributed by atoms with van der Waals surface area (Å²) in [6, 6.07) is 8.16. The lowest BCUT2D eigenvalue weighted by Crippen LogP contribution is -2.58. The first-order chi connectivity index (χ1) is 15.2. The number of nitrogens with one attached hydrogen (secondary N) is 2. The molecule has 2 aromatic rings. The number of hydrogen-bond donors (Lipinski definition) is 2. The highest BCUT2D eigenvalue weighted by Gasteiger charge is 2.43. The van der Waals surface area contributed by atoms with Crippen LogP contribution >= 0.6 is 0 Å². The van der Waals surface area contributed by atoms with Gasteiger partial charge in [0.1, 0.15) is 5.75 Å². The lowest BCUT2D eigenvalue weighted by molar-refractivity contribution is -0.124. The molecule has 1 amide bonds. The average molecular weight is 421 g/mol. The number of ether oxygens (including phenoxy) is 1. The number of nitrogens with zero attached hydrogens (tertiary/aromatic N) is 2. The van der Waals surface area contributed by atoms with Crippen LogP contribution in [0.5, 0.6) is 5.75 Å². The Morgan fingerprint density at radius 1 is 1.39 bits per heavy atom. The number of carbonyl (C=O) groups excluding carboxylic acids is 1. The maximum Gasteiger partial charge on any atom is 0.237 e. The van der Waals surface area contributed by atoms with Gasteiger partial charge in [-0.25, -0.2) is 0 Å². The van der Waals surface area contributed by atoms with E-state index in [1.165, 1.54) is 6.42 Å². The van der Waals surface area contributed by atoms with E-state index >= 15 is 0 Å². The third-order valence-electron chi connectivity index (χ3n) is 7.53. The third-order valence-corrected chi connectivity index (χ3v) is 7.53. The number of methoxy groups -OCH3 is 1. The van der Waals surface area contributed by atoms with Crippen LogP contribution in [0.3, 0.4) is 0 Å². The van der Waals surface area contributed by atoms with Crippen molar-refractivity contribution in [2.45, 2.75) is 43.8 Å². The van der Waals surface area contributed by atoms with E-state index in [4.69, 9.17) is 4.74 Å². The van der Waals surface area contributed by atoms with E-state index in [1.54, 1.807) is 7.11 Å². The van der Waals surface area contributed by atoms with Crippen molar-refractivity contribution in [2.24, 2.45) is 11.8 Å². The molecule has 2 bridgehead atoms.